The van der Waals surface area contributed by atoms with Crippen molar-refractivity contribution in [1.29, 1.82) is 0 Å². The zero-order chi connectivity index (χ0) is 20.5. The van der Waals surface area contributed by atoms with Crippen molar-refractivity contribution in [3.05, 3.63) is 60.2 Å². The maximum Gasteiger partial charge on any atom is 0.256 e. The summed E-state index contributed by atoms with van der Waals surface area (Å²) in [5, 5.41) is 2.88. The summed E-state index contributed by atoms with van der Waals surface area (Å²) in [5.41, 5.74) is 8.02. The van der Waals surface area contributed by atoms with E-state index in [1.807, 2.05) is 48.5 Å². The van der Waals surface area contributed by atoms with Gasteiger partial charge in [-0.3, -0.25) is 4.79 Å². The summed E-state index contributed by atoms with van der Waals surface area (Å²) >= 11 is 3.91. The van der Waals surface area contributed by atoms with E-state index >= 15 is 0 Å². The molecule has 2 atom stereocenters. The van der Waals surface area contributed by atoms with E-state index in [1.165, 1.54) is 32.1 Å². The van der Waals surface area contributed by atoms with Gasteiger partial charge < -0.3 is 20.0 Å². The molecule has 1 saturated carbocycles. The average Bonchev–Trinajstić information content (AvgIpc) is 2.74. The molecule has 0 heterocycles. The SMILES string of the molecule is N[C@H](CC1CCCCC1)C(OS)C(=O)Nc1cccc(OCc2ccccc2)c1. The summed E-state index contributed by atoms with van der Waals surface area (Å²) < 4.78 is 11.0. The van der Waals surface area contributed by atoms with Crippen molar-refractivity contribution in [3.8, 4) is 5.75 Å². The summed E-state index contributed by atoms with van der Waals surface area (Å²) in [6.45, 7) is 0.465. The van der Waals surface area contributed by atoms with E-state index in [2.05, 4.69) is 18.2 Å². The standard InChI is InChI=1S/C23H30N2O3S/c24-21(14-17-8-3-1-4-9-17)22(28-29)23(26)25-19-12-7-13-20(15-19)27-16-18-10-5-2-6-11-18/h2,5-7,10-13,15,17,21-22,29H,1,3-4,8-9,14,16,24H2,(H,25,26)/t21-,22?/m1/s1. The Labute approximate surface area is 178 Å². The van der Waals surface area contributed by atoms with Crippen LogP contribution in [0.25, 0.3) is 0 Å². The van der Waals surface area contributed by atoms with Crippen LogP contribution >= 0.6 is 12.9 Å². The Morgan fingerprint density at radius 1 is 1.10 bits per heavy atom. The first-order valence-corrected chi connectivity index (χ1v) is 10.7. The summed E-state index contributed by atoms with van der Waals surface area (Å²) in [6.07, 6.45) is 6.11. The quantitative estimate of drug-likeness (QED) is 0.410. The Morgan fingerprint density at radius 2 is 1.86 bits per heavy atom. The van der Waals surface area contributed by atoms with Crippen LogP contribution in [0.2, 0.25) is 0 Å². The lowest BCUT2D eigenvalue weighted by Crippen LogP contribution is -2.45. The van der Waals surface area contributed by atoms with Gasteiger partial charge in [0, 0.05) is 17.8 Å². The minimum atomic E-state index is -0.797. The molecular formula is C23H30N2O3S. The molecule has 29 heavy (non-hydrogen) atoms. The number of hydrogen-bond donors (Lipinski definition) is 3. The number of carbonyl (C=O) groups excluding carboxylic acids is 1. The second-order valence-electron chi connectivity index (χ2n) is 7.72. The van der Waals surface area contributed by atoms with Gasteiger partial charge in [0.25, 0.3) is 5.91 Å². The van der Waals surface area contributed by atoms with Crippen molar-refractivity contribution in [2.24, 2.45) is 11.7 Å². The summed E-state index contributed by atoms with van der Waals surface area (Å²) in [6, 6.07) is 16.9. The minimum absolute atomic E-state index is 0.288. The molecule has 0 bridgehead atoms. The minimum Gasteiger partial charge on any atom is -0.489 e. The van der Waals surface area contributed by atoms with Crippen LogP contribution in [0.4, 0.5) is 5.69 Å². The molecule has 1 aliphatic carbocycles. The van der Waals surface area contributed by atoms with E-state index in [0.717, 1.165) is 12.0 Å². The molecule has 3 rings (SSSR count). The van der Waals surface area contributed by atoms with Crippen molar-refractivity contribution in [3.63, 3.8) is 0 Å². The van der Waals surface area contributed by atoms with Gasteiger partial charge >= 0.3 is 0 Å². The van der Waals surface area contributed by atoms with E-state index in [4.69, 9.17) is 14.7 Å². The van der Waals surface area contributed by atoms with Crippen LogP contribution in [0.3, 0.4) is 0 Å². The fourth-order valence-electron chi connectivity index (χ4n) is 3.87. The van der Waals surface area contributed by atoms with Crippen LogP contribution in [0, 0.1) is 5.92 Å². The maximum atomic E-state index is 12.7. The molecule has 1 amide bonds. The van der Waals surface area contributed by atoms with E-state index in [1.54, 1.807) is 6.07 Å². The predicted molar refractivity (Wildman–Crippen MR) is 119 cm³/mol. The van der Waals surface area contributed by atoms with E-state index in [-0.39, 0.29) is 11.9 Å². The molecule has 0 radical (unpaired) electrons. The first-order chi connectivity index (χ1) is 14.2. The van der Waals surface area contributed by atoms with Gasteiger partial charge in [-0.1, -0.05) is 68.5 Å². The topological polar surface area (TPSA) is 73.6 Å². The van der Waals surface area contributed by atoms with E-state index in [0.29, 0.717) is 24.0 Å². The number of benzene rings is 2. The van der Waals surface area contributed by atoms with Crippen molar-refractivity contribution in [2.45, 2.75) is 57.3 Å². The number of carbonyl (C=O) groups is 1. The average molecular weight is 415 g/mol. The zero-order valence-corrected chi connectivity index (χ0v) is 17.5. The largest absolute Gasteiger partial charge is 0.489 e. The van der Waals surface area contributed by atoms with Crippen molar-refractivity contribution in [1.82, 2.24) is 0 Å². The second-order valence-corrected chi connectivity index (χ2v) is 7.93. The van der Waals surface area contributed by atoms with Gasteiger partial charge in [-0.05, 0) is 42.9 Å². The molecule has 5 nitrogen and oxygen atoms in total. The molecule has 0 aromatic heterocycles. The molecule has 2 aromatic carbocycles. The highest BCUT2D eigenvalue weighted by atomic mass is 32.1. The maximum absolute atomic E-state index is 12.7. The molecule has 3 N–H and O–H groups in total. The van der Waals surface area contributed by atoms with Crippen molar-refractivity contribution in [2.75, 3.05) is 5.32 Å². The Morgan fingerprint density at radius 3 is 2.59 bits per heavy atom. The lowest BCUT2D eigenvalue weighted by molar-refractivity contribution is -0.123. The molecule has 0 spiro atoms. The number of nitrogens with two attached hydrogens (primary N) is 1. The molecule has 6 heteroatoms. The molecule has 0 saturated heterocycles. The molecule has 1 unspecified atom stereocenters. The van der Waals surface area contributed by atoms with Crippen LogP contribution in [-0.2, 0) is 15.6 Å². The Hall–Kier alpha value is -2.02. The third-order valence-corrected chi connectivity index (χ3v) is 5.67. The number of anilines is 1. The second kappa shape index (κ2) is 11.2. The third kappa shape index (κ3) is 6.77. The first-order valence-electron chi connectivity index (χ1n) is 10.3. The Kier molecular flexibility index (Phi) is 8.40. The van der Waals surface area contributed by atoms with Crippen LogP contribution in [-0.4, -0.2) is 18.1 Å². The lowest BCUT2D eigenvalue weighted by atomic mass is 9.84. The van der Waals surface area contributed by atoms with Crippen LogP contribution in [0.1, 0.15) is 44.1 Å². The van der Waals surface area contributed by atoms with Crippen LogP contribution in [0.5, 0.6) is 5.75 Å². The molecule has 156 valence electrons. The molecule has 0 aliphatic heterocycles. The number of rotatable bonds is 9. The lowest BCUT2D eigenvalue weighted by Gasteiger charge is -2.27. The molecular weight excluding hydrogens is 384 g/mol. The zero-order valence-electron chi connectivity index (χ0n) is 16.6. The fraction of sp³-hybridized carbons (Fsp3) is 0.435. The fourth-order valence-corrected chi connectivity index (χ4v) is 4.12. The summed E-state index contributed by atoms with van der Waals surface area (Å²) in [7, 11) is 0. The van der Waals surface area contributed by atoms with Gasteiger partial charge in [0.05, 0.1) is 0 Å². The number of nitrogens with one attached hydrogen (secondary N) is 1. The highest BCUT2D eigenvalue weighted by molar-refractivity contribution is 7.75. The molecule has 2 aromatic rings. The van der Waals surface area contributed by atoms with Gasteiger partial charge in [0.15, 0.2) is 6.10 Å². The highest BCUT2D eigenvalue weighted by Crippen LogP contribution is 2.28. The van der Waals surface area contributed by atoms with Gasteiger partial charge in [-0.2, -0.15) is 0 Å². The van der Waals surface area contributed by atoms with E-state index in [9.17, 15) is 4.79 Å². The normalized spacial score (nSPS) is 16.8. The number of thiol groups is 1. The third-order valence-electron chi connectivity index (χ3n) is 5.44. The van der Waals surface area contributed by atoms with Gasteiger partial charge in [-0.15, -0.1) is 0 Å². The smallest absolute Gasteiger partial charge is 0.256 e. The van der Waals surface area contributed by atoms with Gasteiger partial charge in [0.2, 0.25) is 0 Å². The number of hydrogen-bond acceptors (Lipinski definition) is 5. The first kappa shape index (κ1) is 21.7. The summed E-state index contributed by atoms with van der Waals surface area (Å²) in [5.74, 6) is 0.956. The number of amides is 1. The molecule has 1 aliphatic rings. The Balaban J connectivity index is 1.55. The summed E-state index contributed by atoms with van der Waals surface area (Å²) in [4.78, 5) is 12.7. The van der Waals surface area contributed by atoms with Gasteiger partial charge in [-0.25, -0.2) is 0 Å². The van der Waals surface area contributed by atoms with Crippen molar-refractivity contribution < 1.29 is 13.7 Å². The predicted octanol–water partition coefficient (Wildman–Crippen LogP) is 4.73. The van der Waals surface area contributed by atoms with Crippen LogP contribution in [0.15, 0.2) is 54.6 Å². The van der Waals surface area contributed by atoms with Crippen molar-refractivity contribution >= 4 is 24.5 Å². The van der Waals surface area contributed by atoms with E-state index < -0.39 is 6.10 Å². The molecule has 1 fully saturated rings. The monoisotopic (exact) mass is 414 g/mol. The highest BCUT2D eigenvalue weighted by Gasteiger charge is 2.29. The number of ether oxygens (including phenoxy) is 1. The van der Waals surface area contributed by atoms with Crippen LogP contribution < -0.4 is 15.8 Å². The van der Waals surface area contributed by atoms with Gasteiger partial charge in [0.1, 0.15) is 12.4 Å². The Bertz CT molecular complexity index is 766.